The summed E-state index contributed by atoms with van der Waals surface area (Å²) < 4.78 is 5.47. The number of rotatable bonds is 2. The molecule has 5 nitrogen and oxygen atoms in total. The fourth-order valence-corrected chi connectivity index (χ4v) is 2.86. The van der Waals surface area contributed by atoms with Gasteiger partial charge in [-0.2, -0.15) is 4.98 Å². The summed E-state index contributed by atoms with van der Waals surface area (Å²) in [6, 6.07) is 10.1. The number of benzene rings is 1. The Bertz CT molecular complexity index is 762. The van der Waals surface area contributed by atoms with Gasteiger partial charge in [-0.3, -0.25) is 4.98 Å². The van der Waals surface area contributed by atoms with E-state index in [-0.39, 0.29) is 12.4 Å². The van der Waals surface area contributed by atoms with E-state index < -0.39 is 0 Å². The van der Waals surface area contributed by atoms with Gasteiger partial charge in [-0.25, -0.2) is 0 Å². The maximum Gasteiger partial charge on any atom is 0.231 e. The molecular weight excluding hydrogens is 300 g/mol. The van der Waals surface area contributed by atoms with Crippen molar-refractivity contribution in [3.8, 4) is 11.5 Å². The lowest BCUT2D eigenvalue weighted by molar-refractivity contribution is 0.322. The van der Waals surface area contributed by atoms with Gasteiger partial charge in [0.2, 0.25) is 11.7 Å². The Kier molecular flexibility index (Phi) is 4.36. The Morgan fingerprint density at radius 2 is 2.09 bits per heavy atom. The molecule has 22 heavy (non-hydrogen) atoms. The van der Waals surface area contributed by atoms with Crippen molar-refractivity contribution in [2.75, 3.05) is 13.1 Å². The topological polar surface area (TPSA) is 63.8 Å². The van der Waals surface area contributed by atoms with Crippen LogP contribution in [0.1, 0.15) is 24.7 Å². The zero-order chi connectivity index (χ0) is 14.1. The number of hydrogen-bond acceptors (Lipinski definition) is 5. The lowest BCUT2D eigenvalue weighted by atomic mass is 10.00. The minimum atomic E-state index is 0. The van der Waals surface area contributed by atoms with Crippen LogP contribution in [0.4, 0.5) is 0 Å². The van der Waals surface area contributed by atoms with E-state index in [1.54, 1.807) is 6.20 Å². The van der Waals surface area contributed by atoms with E-state index in [2.05, 4.69) is 26.5 Å². The Morgan fingerprint density at radius 3 is 2.95 bits per heavy atom. The standard InChI is InChI=1S/C16H16N4O.ClH/c1-2-6-13-11(4-1)7-9-18-14(13)15-19-16(21-20-15)12-5-3-8-17-10-12;/h1-2,4,6-7,9,12,17H,3,5,8,10H2;1H. The van der Waals surface area contributed by atoms with Crippen LogP contribution < -0.4 is 5.32 Å². The van der Waals surface area contributed by atoms with Crippen molar-refractivity contribution in [3.05, 3.63) is 42.4 Å². The molecule has 1 aliphatic rings. The third-order valence-electron chi connectivity index (χ3n) is 3.97. The molecule has 0 radical (unpaired) electrons. The maximum atomic E-state index is 5.47. The van der Waals surface area contributed by atoms with Crippen LogP contribution in [0.3, 0.4) is 0 Å². The minimum absolute atomic E-state index is 0. The molecule has 1 saturated heterocycles. The van der Waals surface area contributed by atoms with Crippen molar-refractivity contribution >= 4 is 23.2 Å². The average molecular weight is 317 g/mol. The zero-order valence-electron chi connectivity index (χ0n) is 12.0. The molecule has 2 aromatic heterocycles. The molecule has 6 heteroatoms. The quantitative estimate of drug-likeness (QED) is 0.786. The number of nitrogens with one attached hydrogen (secondary N) is 1. The van der Waals surface area contributed by atoms with E-state index in [9.17, 15) is 0 Å². The summed E-state index contributed by atoms with van der Waals surface area (Å²) in [7, 11) is 0. The number of hydrogen-bond donors (Lipinski definition) is 1. The van der Waals surface area contributed by atoms with Crippen LogP contribution in [0.5, 0.6) is 0 Å². The monoisotopic (exact) mass is 316 g/mol. The summed E-state index contributed by atoms with van der Waals surface area (Å²) in [4.78, 5) is 9.01. The molecule has 3 heterocycles. The average Bonchev–Trinajstić information content (AvgIpc) is 3.05. The second-order valence-electron chi connectivity index (χ2n) is 5.38. The predicted molar refractivity (Wildman–Crippen MR) is 87.1 cm³/mol. The van der Waals surface area contributed by atoms with E-state index >= 15 is 0 Å². The van der Waals surface area contributed by atoms with Crippen molar-refractivity contribution in [2.45, 2.75) is 18.8 Å². The minimum Gasteiger partial charge on any atom is -0.339 e. The smallest absolute Gasteiger partial charge is 0.231 e. The Labute approximate surface area is 134 Å². The number of nitrogens with zero attached hydrogens (tertiary/aromatic N) is 3. The van der Waals surface area contributed by atoms with Crippen LogP contribution in [0.2, 0.25) is 0 Å². The Hall–Kier alpha value is -1.98. The summed E-state index contributed by atoms with van der Waals surface area (Å²) in [5, 5.41) is 9.69. The summed E-state index contributed by atoms with van der Waals surface area (Å²) >= 11 is 0. The summed E-state index contributed by atoms with van der Waals surface area (Å²) in [5.74, 6) is 1.61. The molecule has 0 spiro atoms. The van der Waals surface area contributed by atoms with Crippen molar-refractivity contribution in [1.82, 2.24) is 20.4 Å². The lowest BCUT2D eigenvalue weighted by Crippen LogP contribution is -2.28. The van der Waals surface area contributed by atoms with E-state index in [0.29, 0.717) is 17.6 Å². The largest absolute Gasteiger partial charge is 0.339 e. The van der Waals surface area contributed by atoms with Gasteiger partial charge in [0.25, 0.3) is 0 Å². The summed E-state index contributed by atoms with van der Waals surface area (Å²) in [5.41, 5.74) is 0.784. The van der Waals surface area contributed by atoms with E-state index in [4.69, 9.17) is 4.52 Å². The molecule has 1 N–H and O–H groups in total. The highest BCUT2D eigenvalue weighted by Gasteiger charge is 2.22. The highest BCUT2D eigenvalue weighted by Crippen LogP contribution is 2.27. The molecule has 114 valence electrons. The highest BCUT2D eigenvalue weighted by molar-refractivity contribution is 5.92. The molecule has 1 aliphatic heterocycles. The van der Waals surface area contributed by atoms with Crippen LogP contribution in [0.15, 0.2) is 41.1 Å². The summed E-state index contributed by atoms with van der Waals surface area (Å²) in [6.07, 6.45) is 4.03. The van der Waals surface area contributed by atoms with Gasteiger partial charge in [0.05, 0.1) is 5.92 Å². The van der Waals surface area contributed by atoms with Gasteiger partial charge in [0, 0.05) is 18.1 Å². The molecule has 0 bridgehead atoms. The van der Waals surface area contributed by atoms with E-state index in [1.807, 2.05) is 24.3 Å². The molecule has 0 amide bonds. The highest BCUT2D eigenvalue weighted by atomic mass is 35.5. The van der Waals surface area contributed by atoms with Crippen molar-refractivity contribution < 1.29 is 4.52 Å². The first-order valence-electron chi connectivity index (χ1n) is 7.30. The van der Waals surface area contributed by atoms with Gasteiger partial charge in [0.15, 0.2) is 0 Å². The summed E-state index contributed by atoms with van der Waals surface area (Å²) in [6.45, 7) is 1.98. The zero-order valence-corrected chi connectivity index (χ0v) is 12.8. The van der Waals surface area contributed by atoms with Crippen LogP contribution in [0.25, 0.3) is 22.3 Å². The fourth-order valence-electron chi connectivity index (χ4n) is 2.86. The maximum absolute atomic E-state index is 5.47. The Balaban J connectivity index is 0.00000144. The van der Waals surface area contributed by atoms with Crippen molar-refractivity contribution in [3.63, 3.8) is 0 Å². The number of pyridine rings is 1. The van der Waals surface area contributed by atoms with Crippen LogP contribution in [0, 0.1) is 0 Å². The Morgan fingerprint density at radius 1 is 1.18 bits per heavy atom. The van der Waals surface area contributed by atoms with Gasteiger partial charge >= 0.3 is 0 Å². The number of fused-ring (bicyclic) bond motifs is 1. The van der Waals surface area contributed by atoms with Gasteiger partial charge in [0.1, 0.15) is 5.69 Å². The van der Waals surface area contributed by atoms with Crippen LogP contribution >= 0.6 is 12.4 Å². The second kappa shape index (κ2) is 6.42. The van der Waals surface area contributed by atoms with Gasteiger partial charge < -0.3 is 9.84 Å². The van der Waals surface area contributed by atoms with Crippen LogP contribution in [-0.4, -0.2) is 28.2 Å². The molecule has 1 unspecified atom stereocenters. The van der Waals surface area contributed by atoms with Crippen molar-refractivity contribution in [2.24, 2.45) is 0 Å². The third-order valence-corrected chi connectivity index (χ3v) is 3.97. The molecule has 0 aliphatic carbocycles. The molecule has 1 fully saturated rings. The molecule has 4 rings (SSSR count). The third kappa shape index (κ3) is 2.69. The molecule has 1 aromatic carbocycles. The molecular formula is C16H17ClN4O. The first-order valence-corrected chi connectivity index (χ1v) is 7.30. The first kappa shape index (κ1) is 14.9. The molecule has 3 aromatic rings. The number of aromatic nitrogens is 3. The second-order valence-corrected chi connectivity index (χ2v) is 5.38. The van der Waals surface area contributed by atoms with Gasteiger partial charge in [-0.1, -0.05) is 29.4 Å². The van der Waals surface area contributed by atoms with Gasteiger partial charge in [-0.15, -0.1) is 12.4 Å². The first-order chi connectivity index (χ1) is 10.4. The molecule has 1 atom stereocenters. The predicted octanol–water partition coefficient (Wildman–Crippen LogP) is 3.17. The fraction of sp³-hybridized carbons (Fsp3) is 0.312. The normalized spacial score (nSPS) is 18.1. The van der Waals surface area contributed by atoms with E-state index in [1.165, 1.54) is 0 Å². The number of piperidine rings is 1. The van der Waals surface area contributed by atoms with Crippen molar-refractivity contribution in [1.29, 1.82) is 0 Å². The lowest BCUT2D eigenvalue weighted by Gasteiger charge is -2.18. The van der Waals surface area contributed by atoms with Gasteiger partial charge in [-0.05, 0) is 30.8 Å². The number of halogens is 1. The van der Waals surface area contributed by atoms with Crippen LogP contribution in [-0.2, 0) is 0 Å². The molecule has 0 saturated carbocycles. The SMILES string of the molecule is Cl.c1ccc2c(-c3noc(C4CCCNC4)n3)nccc2c1. The van der Waals surface area contributed by atoms with E-state index in [0.717, 1.165) is 42.4 Å².